The summed E-state index contributed by atoms with van der Waals surface area (Å²) in [5.41, 5.74) is 2.74. The van der Waals surface area contributed by atoms with E-state index < -0.39 is 5.97 Å². The quantitative estimate of drug-likeness (QED) is 0.119. The van der Waals surface area contributed by atoms with Crippen LogP contribution in [0.2, 0.25) is 0 Å². The number of hydrogen-bond acceptors (Lipinski definition) is 9. The molecule has 0 aliphatic heterocycles. The summed E-state index contributed by atoms with van der Waals surface area (Å²) in [7, 11) is 2.96. The Morgan fingerprint density at radius 3 is 1.35 bits per heavy atom. The van der Waals surface area contributed by atoms with Gasteiger partial charge in [-0.15, -0.1) is 0 Å². The van der Waals surface area contributed by atoms with Crippen LogP contribution in [0.5, 0.6) is 34.8 Å². The zero-order valence-corrected chi connectivity index (χ0v) is 27.9. The zero-order chi connectivity index (χ0) is 35.8. The Hall–Kier alpha value is -6.72. The van der Waals surface area contributed by atoms with Gasteiger partial charge in [-0.05, 0) is 71.8 Å². The fourth-order valence-corrected chi connectivity index (χ4v) is 4.33. The lowest BCUT2D eigenvalue weighted by atomic mass is 10.2. The molecule has 51 heavy (non-hydrogen) atoms. The molecule has 11 heteroatoms. The van der Waals surface area contributed by atoms with E-state index in [-0.39, 0.29) is 11.5 Å². The Morgan fingerprint density at radius 1 is 0.569 bits per heavy atom. The van der Waals surface area contributed by atoms with Crippen molar-refractivity contribution in [2.75, 3.05) is 14.2 Å². The van der Waals surface area contributed by atoms with E-state index in [0.717, 1.165) is 27.7 Å². The fraction of sp³-hybridized carbons (Fsp3) is 0.100. The molecule has 6 aromatic rings. The van der Waals surface area contributed by atoms with Gasteiger partial charge in [0.1, 0.15) is 36.2 Å². The molecule has 2 heterocycles. The number of amides is 1. The van der Waals surface area contributed by atoms with Crippen molar-refractivity contribution in [2.45, 2.75) is 13.2 Å². The maximum Gasteiger partial charge on any atom is 0.337 e. The van der Waals surface area contributed by atoms with Crippen molar-refractivity contribution in [1.29, 1.82) is 0 Å². The van der Waals surface area contributed by atoms with E-state index in [2.05, 4.69) is 9.97 Å². The van der Waals surface area contributed by atoms with E-state index >= 15 is 0 Å². The Balaban J connectivity index is 0.000000199. The molecular formula is C40H35N3O8. The normalized spacial score (nSPS) is 10.2. The van der Waals surface area contributed by atoms with Gasteiger partial charge >= 0.3 is 5.97 Å². The lowest BCUT2D eigenvalue weighted by Crippen LogP contribution is -2.25. The van der Waals surface area contributed by atoms with Crippen molar-refractivity contribution < 1.29 is 38.5 Å². The predicted octanol–water partition coefficient (Wildman–Crippen LogP) is 8.24. The molecule has 2 aromatic heterocycles. The number of benzene rings is 4. The molecular weight excluding hydrogens is 650 g/mol. The van der Waals surface area contributed by atoms with Gasteiger partial charge in [0.2, 0.25) is 11.8 Å². The highest BCUT2D eigenvalue weighted by molar-refractivity contribution is 5.93. The van der Waals surface area contributed by atoms with Crippen LogP contribution in [-0.4, -0.2) is 46.2 Å². The average Bonchev–Trinajstić information content (AvgIpc) is 3.18. The van der Waals surface area contributed by atoms with Crippen LogP contribution in [0, 0.1) is 0 Å². The van der Waals surface area contributed by atoms with Gasteiger partial charge in [-0.2, -0.15) is 0 Å². The number of carbonyl (C=O) groups excluding carboxylic acids is 1. The first-order valence-electron chi connectivity index (χ1n) is 15.7. The van der Waals surface area contributed by atoms with E-state index in [9.17, 15) is 9.59 Å². The highest BCUT2D eigenvalue weighted by atomic mass is 16.7. The van der Waals surface area contributed by atoms with Crippen LogP contribution < -0.4 is 18.9 Å². The van der Waals surface area contributed by atoms with Crippen LogP contribution in [0.25, 0.3) is 0 Å². The minimum Gasteiger partial charge on any atom is -0.489 e. The molecule has 258 valence electrons. The van der Waals surface area contributed by atoms with E-state index in [1.807, 2.05) is 84.9 Å². The van der Waals surface area contributed by atoms with E-state index in [1.54, 1.807) is 36.4 Å². The molecule has 0 unspecified atom stereocenters. The second-order valence-corrected chi connectivity index (χ2v) is 10.8. The molecule has 0 radical (unpaired) electrons. The first-order valence-corrected chi connectivity index (χ1v) is 15.7. The number of ether oxygens (including phenoxy) is 4. The van der Waals surface area contributed by atoms with Gasteiger partial charge in [-0.3, -0.25) is 9.63 Å². The number of pyridine rings is 2. The summed E-state index contributed by atoms with van der Waals surface area (Å²) in [6.45, 7) is 1.01. The van der Waals surface area contributed by atoms with Gasteiger partial charge in [0.15, 0.2) is 0 Å². The van der Waals surface area contributed by atoms with Gasteiger partial charge in [-0.25, -0.2) is 19.8 Å². The molecule has 4 aromatic carbocycles. The molecule has 0 atom stereocenters. The third kappa shape index (κ3) is 11.2. The number of hydrogen-bond donors (Lipinski definition) is 1. The summed E-state index contributed by atoms with van der Waals surface area (Å²) in [5.74, 6) is 2.14. The maximum atomic E-state index is 12.0. The van der Waals surface area contributed by atoms with Crippen molar-refractivity contribution >= 4 is 11.9 Å². The van der Waals surface area contributed by atoms with E-state index in [4.69, 9.17) is 28.9 Å². The first kappa shape index (κ1) is 35.6. The molecule has 0 aliphatic carbocycles. The monoisotopic (exact) mass is 685 g/mol. The lowest BCUT2D eigenvalue weighted by Gasteiger charge is -2.13. The average molecular weight is 686 g/mol. The number of carboxylic acids is 1. The van der Waals surface area contributed by atoms with Crippen LogP contribution in [0.15, 0.2) is 146 Å². The van der Waals surface area contributed by atoms with Crippen molar-refractivity contribution in [3.05, 3.63) is 168 Å². The SMILES string of the molecule is CON(C)C(=O)c1ccc(Oc2ccc(OCc3ccccc3)cc2)nc1.O=C(O)c1ccc(Oc2ccc(OCc3ccccc3)cc2)nc1. The summed E-state index contributed by atoms with van der Waals surface area (Å²) >= 11 is 0. The van der Waals surface area contributed by atoms with Gasteiger partial charge in [-0.1, -0.05) is 60.7 Å². The van der Waals surface area contributed by atoms with Gasteiger partial charge in [0.05, 0.1) is 18.2 Å². The van der Waals surface area contributed by atoms with Crippen molar-refractivity contribution in [3.63, 3.8) is 0 Å². The topological polar surface area (TPSA) is 130 Å². The highest BCUT2D eigenvalue weighted by Gasteiger charge is 2.12. The first-order chi connectivity index (χ1) is 24.9. The number of aromatic carboxylic acids is 1. The predicted molar refractivity (Wildman–Crippen MR) is 189 cm³/mol. The molecule has 0 spiro atoms. The zero-order valence-electron chi connectivity index (χ0n) is 27.9. The molecule has 1 amide bonds. The lowest BCUT2D eigenvalue weighted by molar-refractivity contribution is -0.0757. The maximum absolute atomic E-state index is 12.0. The summed E-state index contributed by atoms with van der Waals surface area (Å²) in [4.78, 5) is 35.7. The number of carbonyl (C=O) groups is 2. The second-order valence-electron chi connectivity index (χ2n) is 10.8. The van der Waals surface area contributed by atoms with Crippen LogP contribution in [0.3, 0.4) is 0 Å². The summed E-state index contributed by atoms with van der Waals surface area (Å²) in [6.07, 6.45) is 2.71. The highest BCUT2D eigenvalue weighted by Crippen LogP contribution is 2.25. The second kappa shape index (κ2) is 18.2. The van der Waals surface area contributed by atoms with Crippen LogP contribution >= 0.6 is 0 Å². The van der Waals surface area contributed by atoms with E-state index in [1.165, 1.54) is 38.7 Å². The Labute approximate surface area is 295 Å². The number of hydroxylamine groups is 2. The summed E-state index contributed by atoms with van der Waals surface area (Å²) in [6, 6.07) is 40.6. The minimum atomic E-state index is -1.02. The molecule has 0 aliphatic rings. The number of nitrogens with zero attached hydrogens (tertiary/aromatic N) is 3. The van der Waals surface area contributed by atoms with Gasteiger partial charge < -0.3 is 24.1 Å². The third-order valence-corrected chi connectivity index (χ3v) is 7.12. The molecule has 0 saturated carbocycles. The van der Waals surface area contributed by atoms with Crippen LogP contribution in [-0.2, 0) is 18.1 Å². The minimum absolute atomic E-state index is 0.118. The molecule has 1 N–H and O–H groups in total. The third-order valence-electron chi connectivity index (χ3n) is 7.12. The van der Waals surface area contributed by atoms with Crippen molar-refractivity contribution in [1.82, 2.24) is 15.0 Å². The Bertz CT molecular complexity index is 1960. The molecule has 11 nitrogen and oxygen atoms in total. The van der Waals surface area contributed by atoms with Crippen LogP contribution in [0.1, 0.15) is 31.8 Å². The molecule has 0 bridgehead atoms. The number of aromatic nitrogens is 2. The summed E-state index contributed by atoms with van der Waals surface area (Å²) in [5, 5.41) is 9.96. The molecule has 0 saturated heterocycles. The Kier molecular flexibility index (Phi) is 12.7. The largest absolute Gasteiger partial charge is 0.489 e. The number of rotatable bonds is 13. The van der Waals surface area contributed by atoms with Crippen molar-refractivity contribution in [3.8, 4) is 34.8 Å². The fourth-order valence-electron chi connectivity index (χ4n) is 4.33. The summed E-state index contributed by atoms with van der Waals surface area (Å²) < 4.78 is 22.7. The van der Waals surface area contributed by atoms with Gasteiger partial charge in [0.25, 0.3) is 5.91 Å². The van der Waals surface area contributed by atoms with E-state index in [0.29, 0.717) is 42.0 Å². The Morgan fingerprint density at radius 2 is 0.980 bits per heavy atom. The molecule has 0 fully saturated rings. The molecule has 6 rings (SSSR count). The van der Waals surface area contributed by atoms with Crippen molar-refractivity contribution in [2.24, 2.45) is 0 Å². The van der Waals surface area contributed by atoms with Gasteiger partial charge in [0, 0.05) is 31.6 Å². The van der Waals surface area contributed by atoms with Crippen LogP contribution in [0.4, 0.5) is 0 Å². The number of carboxylic acid groups (broad SMARTS) is 1. The smallest absolute Gasteiger partial charge is 0.337 e. The standard InChI is InChI=1S/C21H20N2O4.C19H15NO4/c1-23(25-2)21(24)17-8-13-20(22-14-17)27-19-11-9-18(10-12-19)26-15-16-6-4-3-5-7-16;21-19(22)15-6-11-18(20-12-15)24-17-9-7-16(8-10-17)23-13-14-4-2-1-3-5-14/h3-14H,15H2,1-2H3;1-12H,13H2,(H,21,22).